The van der Waals surface area contributed by atoms with Crippen molar-refractivity contribution in [2.45, 2.75) is 32.1 Å². The van der Waals surface area contributed by atoms with Crippen LogP contribution in [-0.4, -0.2) is 0 Å². The van der Waals surface area contributed by atoms with Gasteiger partial charge in [-0.2, -0.15) is 0 Å². The molecule has 0 aromatic heterocycles. The molecule has 0 N–H and O–H groups in total. The van der Waals surface area contributed by atoms with Crippen molar-refractivity contribution in [3.63, 3.8) is 0 Å². The maximum absolute atomic E-state index is 6.67. The van der Waals surface area contributed by atoms with Gasteiger partial charge in [0.15, 0.2) is 0 Å². The molecule has 0 spiro atoms. The van der Waals surface area contributed by atoms with Crippen molar-refractivity contribution >= 4 is 23.2 Å². The van der Waals surface area contributed by atoms with Crippen LogP contribution >= 0.6 is 23.2 Å². The van der Waals surface area contributed by atoms with E-state index in [1.807, 2.05) is 24.3 Å². The van der Waals surface area contributed by atoms with Crippen molar-refractivity contribution in [2.75, 3.05) is 0 Å². The van der Waals surface area contributed by atoms with Crippen LogP contribution in [0.15, 0.2) is 42.5 Å². The third-order valence-electron chi connectivity index (χ3n) is 3.45. The average molecular weight is 293 g/mol. The van der Waals surface area contributed by atoms with E-state index in [1.165, 1.54) is 16.7 Å². The maximum Gasteiger partial charge on any atom is 0.0852 e. The molecule has 0 radical (unpaired) electrons. The highest BCUT2D eigenvalue weighted by atomic mass is 35.5. The third-order valence-corrected chi connectivity index (χ3v) is 4.27. The number of hydrogen-bond donors (Lipinski definition) is 0. The number of rotatable bonds is 4. The van der Waals surface area contributed by atoms with E-state index in [9.17, 15) is 0 Å². The van der Waals surface area contributed by atoms with Crippen molar-refractivity contribution in [1.82, 2.24) is 0 Å². The van der Waals surface area contributed by atoms with Gasteiger partial charge >= 0.3 is 0 Å². The first-order chi connectivity index (χ1) is 9.17. The Bertz CT molecular complexity index is 561. The smallest absolute Gasteiger partial charge is 0.0852 e. The van der Waals surface area contributed by atoms with Crippen molar-refractivity contribution in [2.24, 2.45) is 0 Å². The monoisotopic (exact) mass is 292 g/mol. The Labute approximate surface area is 125 Å². The molecule has 0 bridgehead atoms. The van der Waals surface area contributed by atoms with Crippen molar-refractivity contribution < 1.29 is 0 Å². The van der Waals surface area contributed by atoms with E-state index in [0.717, 1.165) is 23.4 Å². The summed E-state index contributed by atoms with van der Waals surface area (Å²) in [4.78, 5) is 0. The van der Waals surface area contributed by atoms with E-state index in [2.05, 4.69) is 32.0 Å². The van der Waals surface area contributed by atoms with Crippen LogP contribution in [0.3, 0.4) is 0 Å². The molecule has 0 amide bonds. The topological polar surface area (TPSA) is 0 Å². The minimum absolute atomic E-state index is 0.185. The van der Waals surface area contributed by atoms with Crippen LogP contribution < -0.4 is 0 Å². The molecule has 2 rings (SSSR count). The van der Waals surface area contributed by atoms with Gasteiger partial charge in [0.1, 0.15) is 0 Å². The lowest BCUT2D eigenvalue weighted by Gasteiger charge is -2.17. The van der Waals surface area contributed by atoms with Gasteiger partial charge in [-0.3, -0.25) is 0 Å². The molecule has 0 saturated carbocycles. The second kappa shape index (κ2) is 6.45. The van der Waals surface area contributed by atoms with E-state index in [-0.39, 0.29) is 5.38 Å². The van der Waals surface area contributed by atoms with Gasteiger partial charge in [0.2, 0.25) is 0 Å². The minimum atomic E-state index is -0.185. The predicted molar refractivity (Wildman–Crippen MR) is 84.3 cm³/mol. The first-order valence-corrected chi connectivity index (χ1v) is 7.49. The van der Waals surface area contributed by atoms with Gasteiger partial charge in [-0.05, 0) is 41.2 Å². The Morgan fingerprint density at radius 2 is 1.68 bits per heavy atom. The quantitative estimate of drug-likeness (QED) is 0.625. The zero-order valence-corrected chi connectivity index (χ0v) is 12.8. The fraction of sp³-hybridized carbons (Fsp3) is 0.294. The summed E-state index contributed by atoms with van der Waals surface area (Å²) in [5.74, 6) is 0. The summed E-state index contributed by atoms with van der Waals surface area (Å²) in [7, 11) is 0. The summed E-state index contributed by atoms with van der Waals surface area (Å²) < 4.78 is 0. The van der Waals surface area contributed by atoms with E-state index in [0.29, 0.717) is 0 Å². The maximum atomic E-state index is 6.67. The zero-order chi connectivity index (χ0) is 13.8. The Morgan fingerprint density at radius 3 is 2.32 bits per heavy atom. The second-order valence-corrected chi connectivity index (χ2v) is 5.47. The van der Waals surface area contributed by atoms with E-state index in [1.54, 1.807) is 0 Å². The lowest BCUT2D eigenvalue weighted by atomic mass is 9.95. The highest BCUT2D eigenvalue weighted by Crippen LogP contribution is 2.35. The molecule has 0 aliphatic rings. The summed E-state index contributed by atoms with van der Waals surface area (Å²) >= 11 is 12.9. The van der Waals surface area contributed by atoms with Crippen LogP contribution in [0.25, 0.3) is 0 Å². The summed E-state index contributed by atoms with van der Waals surface area (Å²) in [6.45, 7) is 4.31. The number of alkyl halides is 1. The van der Waals surface area contributed by atoms with Crippen LogP contribution in [0.5, 0.6) is 0 Å². The van der Waals surface area contributed by atoms with Gasteiger partial charge in [-0.1, -0.05) is 61.8 Å². The Balaban J connectivity index is 2.48. The van der Waals surface area contributed by atoms with Gasteiger partial charge in [-0.25, -0.2) is 0 Å². The van der Waals surface area contributed by atoms with Gasteiger partial charge in [0, 0.05) is 5.02 Å². The van der Waals surface area contributed by atoms with Crippen LogP contribution in [0, 0.1) is 0 Å². The molecule has 0 heterocycles. The van der Waals surface area contributed by atoms with E-state index >= 15 is 0 Å². The van der Waals surface area contributed by atoms with Crippen LogP contribution in [0.4, 0.5) is 0 Å². The number of benzene rings is 2. The number of aryl methyl sites for hydroxylation is 2. The number of halogens is 2. The highest BCUT2D eigenvalue weighted by Gasteiger charge is 2.17. The molecule has 0 aliphatic carbocycles. The molecular formula is C17H18Cl2. The van der Waals surface area contributed by atoms with Gasteiger partial charge in [0.25, 0.3) is 0 Å². The molecule has 2 aromatic rings. The van der Waals surface area contributed by atoms with E-state index < -0.39 is 0 Å². The molecule has 0 saturated heterocycles. The average Bonchev–Trinajstić information content (AvgIpc) is 2.46. The lowest BCUT2D eigenvalue weighted by Crippen LogP contribution is -2.00. The summed E-state index contributed by atoms with van der Waals surface area (Å²) in [6, 6.07) is 14.4. The lowest BCUT2D eigenvalue weighted by molar-refractivity contribution is 1.02. The molecule has 2 aromatic carbocycles. The summed E-state index contributed by atoms with van der Waals surface area (Å²) in [5.41, 5.74) is 4.76. The predicted octanol–water partition coefficient (Wildman–Crippen LogP) is 5.79. The van der Waals surface area contributed by atoms with Gasteiger partial charge in [0.05, 0.1) is 5.38 Å². The summed E-state index contributed by atoms with van der Waals surface area (Å²) in [5, 5.41) is 0.543. The first kappa shape index (κ1) is 14.4. The van der Waals surface area contributed by atoms with Gasteiger partial charge < -0.3 is 0 Å². The minimum Gasteiger partial charge on any atom is -0.113 e. The van der Waals surface area contributed by atoms with Gasteiger partial charge in [-0.15, -0.1) is 11.6 Å². The third kappa shape index (κ3) is 3.13. The highest BCUT2D eigenvalue weighted by molar-refractivity contribution is 6.33. The van der Waals surface area contributed by atoms with Crippen molar-refractivity contribution in [3.8, 4) is 0 Å². The van der Waals surface area contributed by atoms with Crippen LogP contribution in [0.1, 0.15) is 41.5 Å². The fourth-order valence-electron chi connectivity index (χ4n) is 2.27. The summed E-state index contributed by atoms with van der Waals surface area (Å²) in [6.07, 6.45) is 2.00. The normalized spacial score (nSPS) is 12.4. The molecule has 19 heavy (non-hydrogen) atoms. The number of hydrogen-bond acceptors (Lipinski definition) is 0. The van der Waals surface area contributed by atoms with Crippen molar-refractivity contribution in [1.29, 1.82) is 0 Å². The SMILES string of the molecule is CCc1ccc(CC)c(C(Cl)c2ccccc2Cl)c1. The van der Waals surface area contributed by atoms with E-state index in [4.69, 9.17) is 23.2 Å². The molecule has 2 heteroatoms. The van der Waals surface area contributed by atoms with Crippen molar-refractivity contribution in [3.05, 3.63) is 69.7 Å². The molecule has 1 atom stereocenters. The molecule has 1 unspecified atom stereocenters. The standard InChI is InChI=1S/C17H18Cl2/c1-3-12-9-10-13(4-2)15(11-12)17(19)14-7-5-6-8-16(14)18/h5-11,17H,3-4H2,1-2H3. The zero-order valence-electron chi connectivity index (χ0n) is 11.3. The first-order valence-electron chi connectivity index (χ1n) is 6.67. The second-order valence-electron chi connectivity index (χ2n) is 4.62. The molecule has 0 aliphatic heterocycles. The van der Waals surface area contributed by atoms with Crippen LogP contribution in [-0.2, 0) is 12.8 Å². The molecule has 100 valence electrons. The fourth-order valence-corrected chi connectivity index (χ4v) is 2.96. The Kier molecular flexibility index (Phi) is 4.90. The molecule has 0 fully saturated rings. The van der Waals surface area contributed by atoms with Crippen LogP contribution in [0.2, 0.25) is 5.02 Å². The Hall–Kier alpha value is -0.980. The Morgan fingerprint density at radius 1 is 0.947 bits per heavy atom. The molecule has 0 nitrogen and oxygen atoms in total. The molecular weight excluding hydrogens is 275 g/mol. The largest absolute Gasteiger partial charge is 0.113 e.